The molecule has 6 nitrogen and oxygen atoms in total. The van der Waals surface area contributed by atoms with Gasteiger partial charge in [0.25, 0.3) is 5.91 Å². The first-order valence-corrected chi connectivity index (χ1v) is 9.22. The summed E-state index contributed by atoms with van der Waals surface area (Å²) in [5, 5.41) is 19.2. The lowest BCUT2D eigenvalue weighted by Gasteiger charge is -2.29. The van der Waals surface area contributed by atoms with Crippen LogP contribution in [0, 0.1) is 11.3 Å². The molecule has 152 valence electrons. The van der Waals surface area contributed by atoms with E-state index in [9.17, 15) is 18.0 Å². The van der Waals surface area contributed by atoms with Gasteiger partial charge in [0.15, 0.2) is 10.8 Å². The van der Waals surface area contributed by atoms with E-state index in [-0.39, 0.29) is 34.6 Å². The highest BCUT2D eigenvalue weighted by Gasteiger charge is 2.34. The Morgan fingerprint density at radius 1 is 1.17 bits per heavy atom. The van der Waals surface area contributed by atoms with Crippen molar-refractivity contribution >= 4 is 17.5 Å². The molecule has 3 rings (SSSR count). The maximum atomic E-state index is 13.1. The Morgan fingerprint density at radius 2 is 1.90 bits per heavy atom. The average Bonchev–Trinajstić information content (AvgIpc) is 2.69. The summed E-state index contributed by atoms with van der Waals surface area (Å²) in [6.07, 6.45) is -2.54. The molecular weight excluding hydrogens is 409 g/mol. The smallest absolute Gasteiger partial charge is 0.417 e. The number of nitriles is 1. The van der Waals surface area contributed by atoms with Crippen LogP contribution in [0.2, 0.25) is 5.15 Å². The molecule has 10 heteroatoms. The first-order chi connectivity index (χ1) is 13.8. The fourth-order valence-corrected chi connectivity index (χ4v) is 3.24. The third-order valence-electron chi connectivity index (χ3n) is 4.59. The molecule has 1 saturated carbocycles. The van der Waals surface area contributed by atoms with Crippen molar-refractivity contribution in [3.8, 4) is 11.8 Å². The van der Waals surface area contributed by atoms with Gasteiger partial charge in [-0.1, -0.05) is 11.6 Å². The number of aromatic nitrogens is 2. The van der Waals surface area contributed by atoms with Crippen LogP contribution in [0.1, 0.15) is 47.3 Å². The van der Waals surface area contributed by atoms with Crippen molar-refractivity contribution in [1.82, 2.24) is 15.5 Å². The van der Waals surface area contributed by atoms with Crippen LogP contribution in [0.3, 0.4) is 0 Å². The van der Waals surface area contributed by atoms with Gasteiger partial charge in [-0.3, -0.25) is 4.79 Å². The van der Waals surface area contributed by atoms with Gasteiger partial charge in [0.2, 0.25) is 0 Å². The Bertz CT molecular complexity index is 921. The summed E-state index contributed by atoms with van der Waals surface area (Å²) in [4.78, 5) is 12.2. The predicted octanol–water partition coefficient (Wildman–Crippen LogP) is 4.14. The van der Waals surface area contributed by atoms with Crippen LogP contribution < -0.4 is 10.1 Å². The van der Waals surface area contributed by atoms with Crippen LogP contribution in [-0.2, 0) is 6.18 Å². The van der Waals surface area contributed by atoms with Gasteiger partial charge in [0.05, 0.1) is 23.3 Å². The molecule has 29 heavy (non-hydrogen) atoms. The van der Waals surface area contributed by atoms with Gasteiger partial charge in [-0.2, -0.15) is 18.4 Å². The van der Waals surface area contributed by atoms with Crippen molar-refractivity contribution in [2.75, 3.05) is 0 Å². The lowest BCUT2D eigenvalue weighted by Crippen LogP contribution is -2.40. The molecule has 1 aromatic carbocycles. The number of rotatable bonds is 4. The highest BCUT2D eigenvalue weighted by Crippen LogP contribution is 2.35. The van der Waals surface area contributed by atoms with Gasteiger partial charge in [-0.05, 0) is 56.0 Å². The number of halogens is 4. The van der Waals surface area contributed by atoms with Crippen molar-refractivity contribution in [2.45, 2.75) is 44.0 Å². The van der Waals surface area contributed by atoms with Crippen LogP contribution in [-0.4, -0.2) is 28.3 Å². The van der Waals surface area contributed by atoms with Crippen molar-refractivity contribution in [1.29, 1.82) is 5.26 Å². The van der Waals surface area contributed by atoms with E-state index in [1.807, 2.05) is 0 Å². The number of benzene rings is 1. The number of nitrogens with zero attached hydrogens (tertiary/aromatic N) is 3. The monoisotopic (exact) mass is 424 g/mol. The van der Waals surface area contributed by atoms with E-state index < -0.39 is 17.3 Å². The maximum Gasteiger partial charge on any atom is 0.417 e. The lowest BCUT2D eigenvalue weighted by atomic mass is 9.92. The second-order valence-electron chi connectivity index (χ2n) is 6.62. The number of carbonyl (C=O) groups is 1. The van der Waals surface area contributed by atoms with Gasteiger partial charge in [0, 0.05) is 6.04 Å². The summed E-state index contributed by atoms with van der Waals surface area (Å²) in [5.74, 6) is -0.291. The first kappa shape index (κ1) is 20.9. The molecule has 0 saturated heterocycles. The third-order valence-corrected chi connectivity index (χ3v) is 4.80. The fourth-order valence-electron chi connectivity index (χ4n) is 3.14. The van der Waals surface area contributed by atoms with Gasteiger partial charge < -0.3 is 10.1 Å². The van der Waals surface area contributed by atoms with Crippen LogP contribution >= 0.6 is 11.6 Å². The van der Waals surface area contributed by atoms with E-state index in [4.69, 9.17) is 21.6 Å². The van der Waals surface area contributed by atoms with Gasteiger partial charge >= 0.3 is 6.18 Å². The lowest BCUT2D eigenvalue weighted by molar-refractivity contribution is -0.137. The summed E-state index contributed by atoms with van der Waals surface area (Å²) >= 11 is 5.64. The molecule has 0 unspecified atom stereocenters. The van der Waals surface area contributed by atoms with Gasteiger partial charge in [0.1, 0.15) is 5.75 Å². The normalized spacial score (nSPS) is 19.3. The highest BCUT2D eigenvalue weighted by atomic mass is 35.5. The van der Waals surface area contributed by atoms with Crippen molar-refractivity contribution in [3.05, 3.63) is 52.3 Å². The van der Waals surface area contributed by atoms with Crippen molar-refractivity contribution < 1.29 is 22.7 Å². The Labute approximate surface area is 169 Å². The predicted molar refractivity (Wildman–Crippen MR) is 97.3 cm³/mol. The van der Waals surface area contributed by atoms with Gasteiger partial charge in [-0.15, -0.1) is 10.2 Å². The van der Waals surface area contributed by atoms with E-state index in [2.05, 4.69) is 15.5 Å². The van der Waals surface area contributed by atoms with Crippen LogP contribution in [0.4, 0.5) is 13.2 Å². The molecule has 0 bridgehead atoms. The molecular formula is C19H16ClF3N4O2. The van der Waals surface area contributed by atoms with Gasteiger partial charge in [-0.25, -0.2) is 0 Å². The molecule has 0 atom stereocenters. The number of alkyl halides is 3. The van der Waals surface area contributed by atoms with Crippen LogP contribution in [0.25, 0.3) is 0 Å². The van der Waals surface area contributed by atoms with E-state index in [0.29, 0.717) is 25.7 Å². The number of hydrogen-bond donors (Lipinski definition) is 1. The molecule has 0 spiro atoms. The van der Waals surface area contributed by atoms with E-state index in [1.54, 1.807) is 6.07 Å². The second-order valence-corrected chi connectivity index (χ2v) is 7.01. The van der Waals surface area contributed by atoms with Crippen molar-refractivity contribution in [3.63, 3.8) is 0 Å². The zero-order valence-electron chi connectivity index (χ0n) is 15.0. The Kier molecular flexibility index (Phi) is 6.23. The third kappa shape index (κ3) is 5.35. The molecule has 1 amide bonds. The average molecular weight is 425 g/mol. The number of amides is 1. The summed E-state index contributed by atoms with van der Waals surface area (Å²) in [5.41, 5.74) is -1.30. The Morgan fingerprint density at radius 3 is 2.48 bits per heavy atom. The molecule has 1 aliphatic carbocycles. The number of hydrogen-bond acceptors (Lipinski definition) is 5. The SMILES string of the molecule is N#Cc1ccc(O[C@H]2CC[C@H](NC(=O)c3ccc(Cl)nn3)CC2)cc1C(F)(F)F. The summed E-state index contributed by atoms with van der Waals surface area (Å²) in [6.45, 7) is 0. The number of ether oxygens (including phenoxy) is 1. The molecule has 0 radical (unpaired) electrons. The largest absolute Gasteiger partial charge is 0.490 e. The van der Waals surface area contributed by atoms with E-state index in [0.717, 1.165) is 12.1 Å². The summed E-state index contributed by atoms with van der Waals surface area (Å²) in [6, 6.07) is 7.72. The minimum Gasteiger partial charge on any atom is -0.490 e. The van der Waals surface area contributed by atoms with Crippen LogP contribution in [0.15, 0.2) is 30.3 Å². The number of nitrogens with one attached hydrogen (secondary N) is 1. The topological polar surface area (TPSA) is 87.9 Å². The minimum absolute atomic E-state index is 0.0697. The zero-order valence-corrected chi connectivity index (χ0v) is 15.8. The summed E-state index contributed by atoms with van der Waals surface area (Å²) in [7, 11) is 0. The molecule has 0 aliphatic heterocycles. The molecule has 1 N–H and O–H groups in total. The Hall–Kier alpha value is -2.86. The molecule has 1 aliphatic rings. The molecule has 1 aromatic heterocycles. The van der Waals surface area contributed by atoms with E-state index in [1.165, 1.54) is 18.2 Å². The Balaban J connectivity index is 1.55. The molecule has 2 aromatic rings. The zero-order chi connectivity index (χ0) is 21.0. The molecule has 1 fully saturated rings. The van der Waals surface area contributed by atoms with Crippen LogP contribution in [0.5, 0.6) is 5.75 Å². The number of carbonyl (C=O) groups excluding carboxylic acids is 1. The van der Waals surface area contributed by atoms with E-state index >= 15 is 0 Å². The van der Waals surface area contributed by atoms with Crippen molar-refractivity contribution in [2.24, 2.45) is 0 Å². The quantitative estimate of drug-likeness (QED) is 0.796. The highest BCUT2D eigenvalue weighted by molar-refractivity contribution is 6.29. The molecule has 1 heterocycles. The fraction of sp³-hybridized carbons (Fsp3) is 0.368. The minimum atomic E-state index is -4.63. The standard InChI is InChI=1S/C19H16ClF3N4O2/c20-17-8-7-16(26-27-17)18(28)25-12-2-5-13(6-3-12)29-14-4-1-11(10-24)15(9-14)19(21,22)23/h1,4,7-9,12-13H,2-3,5-6H2,(H,25,28)/t12-,13-. The first-order valence-electron chi connectivity index (χ1n) is 8.84. The maximum absolute atomic E-state index is 13.1. The second kappa shape index (κ2) is 8.66. The summed E-state index contributed by atoms with van der Waals surface area (Å²) < 4.78 is 44.9.